The van der Waals surface area contributed by atoms with E-state index in [2.05, 4.69) is 5.32 Å². The van der Waals surface area contributed by atoms with Crippen LogP contribution >= 0.6 is 0 Å². The van der Waals surface area contributed by atoms with Crippen molar-refractivity contribution in [1.82, 2.24) is 10.2 Å². The average molecular weight is 262 g/mol. The molecule has 6 atom stereocenters. The Kier molecular flexibility index (Phi) is 4.54. The molecule has 2 heterocycles. The molecule has 2 rings (SSSR count). The van der Waals surface area contributed by atoms with E-state index in [-0.39, 0.29) is 6.54 Å². The van der Waals surface area contributed by atoms with E-state index in [1.807, 2.05) is 0 Å². The molecule has 2 aliphatic heterocycles. The fraction of sp³-hybridized carbons (Fsp3) is 1.00. The van der Waals surface area contributed by atoms with Crippen LogP contribution in [0.2, 0.25) is 0 Å². The number of rotatable bonds is 4. The maximum Gasteiger partial charge on any atom is 0.136 e. The highest BCUT2D eigenvalue weighted by Crippen LogP contribution is 2.19. The maximum atomic E-state index is 9.97. The second-order valence-corrected chi connectivity index (χ2v) is 5.13. The van der Waals surface area contributed by atoms with Crippen molar-refractivity contribution in [3.8, 4) is 0 Å². The number of likely N-dealkylation sites (tertiary alicyclic amines) is 1. The third-order valence-electron chi connectivity index (χ3n) is 3.86. The van der Waals surface area contributed by atoms with E-state index in [9.17, 15) is 25.5 Å². The van der Waals surface area contributed by atoms with Crippen LogP contribution in [-0.4, -0.2) is 86.8 Å². The van der Waals surface area contributed by atoms with E-state index in [4.69, 9.17) is 0 Å². The van der Waals surface area contributed by atoms with E-state index in [0.29, 0.717) is 13.1 Å². The van der Waals surface area contributed by atoms with Gasteiger partial charge in [0.25, 0.3) is 0 Å². The van der Waals surface area contributed by atoms with Crippen LogP contribution in [0.5, 0.6) is 0 Å². The van der Waals surface area contributed by atoms with Crippen LogP contribution in [0.15, 0.2) is 0 Å². The molecule has 2 fully saturated rings. The van der Waals surface area contributed by atoms with Crippen molar-refractivity contribution in [3.63, 3.8) is 0 Å². The molecule has 0 aromatic heterocycles. The van der Waals surface area contributed by atoms with Gasteiger partial charge in [-0.2, -0.15) is 0 Å². The van der Waals surface area contributed by atoms with Crippen molar-refractivity contribution in [2.45, 2.75) is 49.5 Å². The molecular formula is C11H22N2O5. The minimum absolute atomic E-state index is 0.162. The summed E-state index contributed by atoms with van der Waals surface area (Å²) >= 11 is 0. The zero-order valence-electron chi connectivity index (χ0n) is 10.2. The Bertz CT molecular complexity index is 274. The Balaban J connectivity index is 1.93. The highest BCUT2D eigenvalue weighted by Gasteiger charge is 2.43. The summed E-state index contributed by atoms with van der Waals surface area (Å²) in [5.41, 5.74) is 0. The fourth-order valence-corrected chi connectivity index (χ4v) is 2.67. The van der Waals surface area contributed by atoms with E-state index in [0.717, 1.165) is 12.8 Å². The van der Waals surface area contributed by atoms with Crippen LogP contribution in [0, 0.1) is 0 Å². The first-order valence-corrected chi connectivity index (χ1v) is 6.40. The van der Waals surface area contributed by atoms with Gasteiger partial charge in [-0.3, -0.25) is 4.90 Å². The van der Waals surface area contributed by atoms with E-state index in [1.54, 1.807) is 4.90 Å². The Morgan fingerprint density at radius 3 is 2.17 bits per heavy atom. The first-order chi connectivity index (χ1) is 8.52. The monoisotopic (exact) mass is 262 g/mol. The Hall–Kier alpha value is -0.280. The summed E-state index contributed by atoms with van der Waals surface area (Å²) in [5.74, 6) is 0. The van der Waals surface area contributed by atoms with Gasteiger partial charge in [0.05, 0.1) is 18.2 Å². The highest BCUT2D eigenvalue weighted by atomic mass is 16.4. The van der Waals surface area contributed by atoms with Gasteiger partial charge < -0.3 is 30.8 Å². The normalized spacial score (nSPS) is 38.8. The Morgan fingerprint density at radius 2 is 1.67 bits per heavy atom. The largest absolute Gasteiger partial charge is 0.389 e. The molecule has 0 radical (unpaired) electrons. The summed E-state index contributed by atoms with van der Waals surface area (Å²) in [6, 6.07) is -0.827. The lowest BCUT2D eigenvalue weighted by molar-refractivity contribution is -0.134. The summed E-state index contributed by atoms with van der Waals surface area (Å²) in [5, 5.41) is 51.6. The summed E-state index contributed by atoms with van der Waals surface area (Å²) in [7, 11) is 0. The van der Waals surface area contributed by atoms with Gasteiger partial charge in [0.15, 0.2) is 0 Å². The van der Waals surface area contributed by atoms with Gasteiger partial charge in [0.1, 0.15) is 18.4 Å². The van der Waals surface area contributed by atoms with Gasteiger partial charge in [-0.05, 0) is 12.8 Å². The number of β-amino-alcohol motifs (C(OH)–C–C–N with tert-alkyl or cyclic N) is 1. The zero-order valence-corrected chi connectivity index (χ0v) is 10.2. The molecule has 6 N–H and O–H groups in total. The van der Waals surface area contributed by atoms with Crippen molar-refractivity contribution in [2.75, 3.05) is 19.6 Å². The molecule has 0 aromatic rings. The highest BCUT2D eigenvalue weighted by molar-refractivity contribution is 4.98. The molecule has 7 nitrogen and oxygen atoms in total. The molecule has 2 saturated heterocycles. The molecule has 2 aliphatic rings. The lowest BCUT2D eigenvalue weighted by Crippen LogP contribution is -2.56. The van der Waals surface area contributed by atoms with Crippen molar-refractivity contribution in [3.05, 3.63) is 0 Å². The summed E-state index contributed by atoms with van der Waals surface area (Å²) < 4.78 is 0. The van der Waals surface area contributed by atoms with Crippen LogP contribution in [-0.2, 0) is 0 Å². The molecular weight excluding hydrogens is 240 g/mol. The van der Waals surface area contributed by atoms with Gasteiger partial charge in [-0.15, -0.1) is 0 Å². The second-order valence-electron chi connectivity index (χ2n) is 5.13. The molecule has 106 valence electrons. The predicted molar refractivity (Wildman–Crippen MR) is 62.6 cm³/mol. The Morgan fingerprint density at radius 1 is 1.06 bits per heavy atom. The zero-order chi connectivity index (χ0) is 13.3. The number of nitrogens with one attached hydrogen (secondary N) is 1. The number of nitrogens with zero attached hydrogens (tertiary/aromatic N) is 1. The topological polar surface area (TPSA) is 116 Å². The first-order valence-electron chi connectivity index (χ1n) is 6.40. The van der Waals surface area contributed by atoms with Gasteiger partial charge in [-0.1, -0.05) is 0 Å². The number of aliphatic hydroxyl groups is 5. The van der Waals surface area contributed by atoms with Crippen molar-refractivity contribution >= 4 is 0 Å². The van der Waals surface area contributed by atoms with E-state index < -0.39 is 36.7 Å². The van der Waals surface area contributed by atoms with Gasteiger partial charge >= 0.3 is 0 Å². The standard InChI is InChI=1S/C11H22N2O5/c14-6-5-12-7(8(6)15)9(16)10(17)11(18)13-3-1-2-4-13/h6-12,14-18H,1-5H2/t6-,7+,8-,9?,10-,11?/m0/s1. The van der Waals surface area contributed by atoms with Crippen molar-refractivity contribution in [2.24, 2.45) is 0 Å². The van der Waals surface area contributed by atoms with E-state index >= 15 is 0 Å². The predicted octanol–water partition coefficient (Wildman–Crippen LogP) is -3.18. The van der Waals surface area contributed by atoms with Crippen LogP contribution in [0.4, 0.5) is 0 Å². The third-order valence-corrected chi connectivity index (χ3v) is 3.86. The molecule has 0 aliphatic carbocycles. The lowest BCUT2D eigenvalue weighted by atomic mass is 9.99. The molecule has 0 spiro atoms. The number of aliphatic hydroxyl groups excluding tert-OH is 5. The first kappa shape index (κ1) is 14.1. The average Bonchev–Trinajstić information content (AvgIpc) is 2.99. The smallest absolute Gasteiger partial charge is 0.136 e. The summed E-state index contributed by atoms with van der Waals surface area (Å²) in [6.07, 6.45) is -4.02. The van der Waals surface area contributed by atoms with Crippen molar-refractivity contribution in [1.29, 1.82) is 0 Å². The van der Waals surface area contributed by atoms with Gasteiger partial charge in [0.2, 0.25) is 0 Å². The van der Waals surface area contributed by atoms with Crippen LogP contribution in [0.25, 0.3) is 0 Å². The second kappa shape index (κ2) is 5.79. The molecule has 0 amide bonds. The molecule has 7 heteroatoms. The SMILES string of the molecule is OC([C@H](O)C(O)N1CCCC1)[C@@H]1NC[C@H](O)[C@@H]1O. The maximum absolute atomic E-state index is 9.97. The van der Waals surface area contributed by atoms with Crippen LogP contribution in [0.3, 0.4) is 0 Å². The Labute approximate surface area is 106 Å². The fourth-order valence-electron chi connectivity index (χ4n) is 2.67. The third kappa shape index (κ3) is 2.67. The van der Waals surface area contributed by atoms with Crippen LogP contribution < -0.4 is 5.32 Å². The summed E-state index contributed by atoms with van der Waals surface area (Å²) in [6.45, 7) is 1.54. The van der Waals surface area contributed by atoms with Gasteiger partial charge in [-0.25, -0.2) is 0 Å². The molecule has 18 heavy (non-hydrogen) atoms. The number of hydrogen-bond donors (Lipinski definition) is 6. The quantitative estimate of drug-likeness (QED) is 0.316. The summed E-state index contributed by atoms with van der Waals surface area (Å²) in [4.78, 5) is 1.70. The molecule has 0 bridgehead atoms. The van der Waals surface area contributed by atoms with Crippen molar-refractivity contribution < 1.29 is 25.5 Å². The van der Waals surface area contributed by atoms with E-state index in [1.165, 1.54) is 0 Å². The molecule has 0 aromatic carbocycles. The number of hydrogen-bond acceptors (Lipinski definition) is 7. The minimum Gasteiger partial charge on any atom is -0.389 e. The van der Waals surface area contributed by atoms with Gasteiger partial charge in [0, 0.05) is 19.6 Å². The molecule has 0 saturated carbocycles. The lowest BCUT2D eigenvalue weighted by Gasteiger charge is -2.33. The molecule has 2 unspecified atom stereocenters. The minimum atomic E-state index is -1.37. The van der Waals surface area contributed by atoms with Crippen LogP contribution in [0.1, 0.15) is 12.8 Å².